The van der Waals surface area contributed by atoms with E-state index in [9.17, 15) is 4.79 Å². The maximum Gasteiger partial charge on any atom is 0.277 e. The summed E-state index contributed by atoms with van der Waals surface area (Å²) in [6, 6.07) is 5.60. The molecule has 0 aromatic carbocycles. The summed E-state index contributed by atoms with van der Waals surface area (Å²) in [5, 5.41) is 12.7. The smallest absolute Gasteiger partial charge is 0.277 e. The summed E-state index contributed by atoms with van der Waals surface area (Å²) in [5.41, 5.74) is 2.20. The third-order valence-corrected chi connectivity index (χ3v) is 6.15. The zero-order valence-corrected chi connectivity index (χ0v) is 16.4. The zero-order valence-electron chi connectivity index (χ0n) is 16.4. The highest BCUT2D eigenvalue weighted by Crippen LogP contribution is 2.55. The van der Waals surface area contributed by atoms with Crippen molar-refractivity contribution in [2.75, 3.05) is 33.5 Å². The summed E-state index contributed by atoms with van der Waals surface area (Å²) in [4.78, 5) is 15.3. The number of aromatic nitrogens is 5. The molecule has 0 radical (unpaired) electrons. The van der Waals surface area contributed by atoms with Gasteiger partial charge in [-0.25, -0.2) is 4.52 Å². The highest BCUT2D eigenvalue weighted by Gasteiger charge is 2.56. The minimum Gasteiger partial charge on any atom is -0.383 e. The molecule has 1 amide bonds. The molecule has 1 spiro atoms. The molecule has 0 saturated carbocycles. The molecule has 1 unspecified atom stereocenters. The lowest BCUT2D eigenvalue weighted by Gasteiger charge is -2.58. The summed E-state index contributed by atoms with van der Waals surface area (Å²) in [6.07, 6.45) is 7.58. The summed E-state index contributed by atoms with van der Waals surface area (Å²) in [7, 11) is 1.68. The Kier molecular flexibility index (Phi) is 4.56. The lowest BCUT2D eigenvalue weighted by atomic mass is 9.64. The molecular weight excluding hydrogens is 372 g/mol. The minimum atomic E-state index is -0.0852. The predicted octanol–water partition coefficient (Wildman–Crippen LogP) is 1.57. The minimum absolute atomic E-state index is 0.0318. The molecular formula is C20H24N6O3. The van der Waals surface area contributed by atoms with Crippen molar-refractivity contribution in [2.24, 2.45) is 5.41 Å². The van der Waals surface area contributed by atoms with Crippen LogP contribution in [0.1, 0.15) is 34.9 Å². The average molecular weight is 396 g/mol. The molecule has 5 rings (SSSR count). The number of hydrogen-bond donors (Lipinski definition) is 0. The van der Waals surface area contributed by atoms with Gasteiger partial charge in [-0.15, -0.1) is 5.10 Å². The molecule has 0 aliphatic carbocycles. The topological polar surface area (TPSA) is 86.8 Å². The fraction of sp³-hybridized carbons (Fsp3) is 0.500. The van der Waals surface area contributed by atoms with Crippen molar-refractivity contribution < 1.29 is 14.3 Å². The summed E-state index contributed by atoms with van der Waals surface area (Å²) in [6.45, 7) is 3.44. The highest BCUT2D eigenvalue weighted by atomic mass is 16.5. The number of carbonyl (C=O) groups excluding carboxylic acids is 1. The van der Waals surface area contributed by atoms with Crippen LogP contribution in [0.15, 0.2) is 36.8 Å². The van der Waals surface area contributed by atoms with Gasteiger partial charge in [-0.05, 0) is 25.0 Å². The van der Waals surface area contributed by atoms with Crippen LogP contribution in [0.3, 0.4) is 0 Å². The second-order valence-corrected chi connectivity index (χ2v) is 7.81. The van der Waals surface area contributed by atoms with E-state index < -0.39 is 0 Å². The molecule has 0 bridgehead atoms. The Bertz CT molecular complexity index is 1020. The molecule has 9 nitrogen and oxygen atoms in total. The van der Waals surface area contributed by atoms with E-state index in [2.05, 4.69) is 15.4 Å². The zero-order chi connectivity index (χ0) is 19.8. The van der Waals surface area contributed by atoms with E-state index >= 15 is 0 Å². The van der Waals surface area contributed by atoms with Gasteiger partial charge in [0.2, 0.25) is 0 Å². The normalized spacial score (nSPS) is 20.9. The van der Waals surface area contributed by atoms with Gasteiger partial charge in [0.1, 0.15) is 0 Å². The Morgan fingerprint density at radius 2 is 2.21 bits per heavy atom. The van der Waals surface area contributed by atoms with Crippen LogP contribution < -0.4 is 0 Å². The number of hydrogen-bond acceptors (Lipinski definition) is 6. The molecule has 2 aliphatic rings. The molecule has 2 fully saturated rings. The van der Waals surface area contributed by atoms with E-state index in [1.165, 1.54) is 0 Å². The third kappa shape index (κ3) is 3.01. The van der Waals surface area contributed by atoms with E-state index in [1.54, 1.807) is 17.8 Å². The van der Waals surface area contributed by atoms with Crippen LogP contribution in [-0.2, 0) is 16.0 Å². The highest BCUT2D eigenvalue weighted by molar-refractivity contribution is 5.99. The van der Waals surface area contributed by atoms with Crippen LogP contribution >= 0.6 is 0 Å². The SMILES string of the molecule is COCCn1cc(C2N(C(=O)c3nnn4ccccc34)CC23CCOCC3)cn1. The number of likely N-dealkylation sites (tertiary alicyclic amines) is 1. The number of rotatable bonds is 5. The fourth-order valence-electron chi connectivity index (χ4n) is 4.63. The van der Waals surface area contributed by atoms with Gasteiger partial charge in [0, 0.05) is 50.2 Å². The fourth-order valence-corrected chi connectivity index (χ4v) is 4.63. The lowest BCUT2D eigenvalue weighted by Crippen LogP contribution is -2.62. The van der Waals surface area contributed by atoms with Crippen molar-refractivity contribution in [2.45, 2.75) is 25.4 Å². The number of ether oxygens (including phenoxy) is 2. The first-order valence-electron chi connectivity index (χ1n) is 9.92. The van der Waals surface area contributed by atoms with Crippen LogP contribution in [0.4, 0.5) is 0 Å². The van der Waals surface area contributed by atoms with E-state index in [1.807, 2.05) is 40.2 Å². The molecule has 9 heteroatoms. The first kappa shape index (κ1) is 18.3. The Morgan fingerprint density at radius 1 is 1.34 bits per heavy atom. The maximum absolute atomic E-state index is 13.4. The second-order valence-electron chi connectivity index (χ2n) is 7.81. The molecule has 2 aliphatic heterocycles. The molecule has 3 aromatic heterocycles. The number of pyridine rings is 1. The van der Waals surface area contributed by atoms with Crippen LogP contribution in [0, 0.1) is 5.41 Å². The predicted molar refractivity (Wildman–Crippen MR) is 103 cm³/mol. The molecule has 2 saturated heterocycles. The van der Waals surface area contributed by atoms with Crippen molar-refractivity contribution >= 4 is 11.4 Å². The van der Waals surface area contributed by atoms with E-state index in [0.29, 0.717) is 25.4 Å². The van der Waals surface area contributed by atoms with Crippen LogP contribution in [-0.4, -0.2) is 68.9 Å². The standard InChI is InChI=1S/C20H24N6O3/c1-28-11-8-24-13-15(12-21-24)18-20(5-9-29-10-6-20)14-25(18)19(27)17-16-4-2-3-7-26(16)23-22-17/h2-4,7,12-13,18H,5-6,8-11,14H2,1H3. The largest absolute Gasteiger partial charge is 0.383 e. The van der Waals surface area contributed by atoms with Gasteiger partial charge in [0.15, 0.2) is 5.69 Å². The maximum atomic E-state index is 13.4. The summed E-state index contributed by atoms with van der Waals surface area (Å²) >= 11 is 0. The summed E-state index contributed by atoms with van der Waals surface area (Å²) < 4.78 is 14.3. The van der Waals surface area contributed by atoms with E-state index in [0.717, 1.165) is 37.1 Å². The van der Waals surface area contributed by atoms with Gasteiger partial charge in [0.05, 0.1) is 30.9 Å². The van der Waals surface area contributed by atoms with E-state index in [4.69, 9.17) is 9.47 Å². The van der Waals surface area contributed by atoms with Gasteiger partial charge in [-0.3, -0.25) is 9.48 Å². The molecule has 3 aromatic rings. The monoisotopic (exact) mass is 396 g/mol. The van der Waals surface area contributed by atoms with Crippen molar-refractivity contribution in [3.63, 3.8) is 0 Å². The first-order valence-corrected chi connectivity index (χ1v) is 9.92. The number of carbonyl (C=O) groups is 1. The van der Waals surface area contributed by atoms with Gasteiger partial charge in [-0.2, -0.15) is 5.10 Å². The Balaban J connectivity index is 1.47. The number of amides is 1. The van der Waals surface area contributed by atoms with E-state index in [-0.39, 0.29) is 17.4 Å². The molecule has 29 heavy (non-hydrogen) atoms. The summed E-state index contributed by atoms with van der Waals surface area (Å²) in [5.74, 6) is -0.0852. The lowest BCUT2D eigenvalue weighted by molar-refractivity contribution is -0.115. The van der Waals surface area contributed by atoms with Crippen LogP contribution in [0.2, 0.25) is 0 Å². The Labute approximate surface area is 168 Å². The van der Waals surface area contributed by atoms with Crippen molar-refractivity contribution in [3.8, 4) is 0 Å². The number of nitrogens with zero attached hydrogens (tertiary/aromatic N) is 6. The number of fused-ring (bicyclic) bond motifs is 1. The van der Waals surface area contributed by atoms with Gasteiger partial charge in [-0.1, -0.05) is 11.3 Å². The van der Waals surface area contributed by atoms with Gasteiger partial charge < -0.3 is 14.4 Å². The van der Waals surface area contributed by atoms with Gasteiger partial charge >= 0.3 is 0 Å². The van der Waals surface area contributed by atoms with Crippen LogP contribution in [0.5, 0.6) is 0 Å². The Hall–Kier alpha value is -2.78. The molecule has 152 valence electrons. The quantitative estimate of drug-likeness (QED) is 0.651. The average Bonchev–Trinajstić information content (AvgIpc) is 3.38. The molecule has 1 atom stereocenters. The van der Waals surface area contributed by atoms with Crippen LogP contribution in [0.25, 0.3) is 5.52 Å². The first-order chi connectivity index (χ1) is 14.2. The second kappa shape index (κ2) is 7.23. The number of methoxy groups -OCH3 is 1. The molecule has 5 heterocycles. The van der Waals surface area contributed by atoms with Gasteiger partial charge in [0.25, 0.3) is 5.91 Å². The molecule has 0 N–H and O–H groups in total. The van der Waals surface area contributed by atoms with Crippen molar-refractivity contribution in [1.29, 1.82) is 0 Å². The Morgan fingerprint density at radius 3 is 3.03 bits per heavy atom. The van der Waals surface area contributed by atoms with Crippen molar-refractivity contribution in [3.05, 3.63) is 48.0 Å². The third-order valence-electron chi connectivity index (χ3n) is 6.15. The van der Waals surface area contributed by atoms with Crippen molar-refractivity contribution in [1.82, 2.24) is 29.5 Å².